The fraction of sp³-hybridized carbons (Fsp3) is 0.0732. The standard InChI is InChI=1S/C41H29N3S/c1-26-31(16-19-39-41(26)32-11-5-6-13-38(32)45-39)29-14-17-36-33(23-29)34-24-30(35-12-7-8-21-42-35)15-18-37(34)44(36)40-25-28(20-22-43-40)27-9-3-2-4-10-27/h2-26,31H,1H3. The van der Waals surface area contributed by atoms with E-state index in [0.717, 1.165) is 33.7 Å². The first-order chi connectivity index (χ1) is 22.2. The Balaban J connectivity index is 1.24. The van der Waals surface area contributed by atoms with Crippen LogP contribution < -0.4 is 0 Å². The lowest BCUT2D eigenvalue weighted by molar-refractivity contribution is 0.678. The maximum atomic E-state index is 4.90. The summed E-state index contributed by atoms with van der Waals surface area (Å²) in [5.41, 5.74) is 9.51. The second-order valence-corrected chi connectivity index (χ2v) is 13.0. The van der Waals surface area contributed by atoms with Crippen molar-refractivity contribution in [3.63, 3.8) is 0 Å². The number of rotatable bonds is 4. The van der Waals surface area contributed by atoms with Gasteiger partial charge in [-0.2, -0.15) is 0 Å². The summed E-state index contributed by atoms with van der Waals surface area (Å²) in [6, 6.07) is 43.5. The van der Waals surface area contributed by atoms with E-state index in [0.29, 0.717) is 5.92 Å². The molecule has 0 fully saturated rings. The van der Waals surface area contributed by atoms with Crippen LogP contribution in [0.4, 0.5) is 0 Å². The molecule has 0 amide bonds. The van der Waals surface area contributed by atoms with E-state index in [1.165, 1.54) is 42.4 Å². The van der Waals surface area contributed by atoms with E-state index >= 15 is 0 Å². The van der Waals surface area contributed by atoms with Gasteiger partial charge in [0.1, 0.15) is 5.82 Å². The normalized spacial score (nSPS) is 16.0. The molecular weight excluding hydrogens is 567 g/mol. The number of pyridine rings is 2. The van der Waals surface area contributed by atoms with Crippen molar-refractivity contribution in [1.29, 1.82) is 0 Å². The molecule has 0 N–H and O–H groups in total. The first kappa shape index (κ1) is 26.1. The molecule has 0 spiro atoms. The molecule has 0 radical (unpaired) electrons. The fourth-order valence-corrected chi connectivity index (χ4v) is 8.38. The second kappa shape index (κ2) is 10.4. The second-order valence-electron chi connectivity index (χ2n) is 11.9. The van der Waals surface area contributed by atoms with Gasteiger partial charge in [0.15, 0.2) is 0 Å². The predicted molar refractivity (Wildman–Crippen MR) is 189 cm³/mol. The van der Waals surface area contributed by atoms with Crippen LogP contribution in [0.15, 0.2) is 140 Å². The Labute approximate surface area is 265 Å². The molecule has 0 saturated heterocycles. The average Bonchev–Trinajstić information content (AvgIpc) is 3.65. The highest BCUT2D eigenvalue weighted by molar-refractivity contribution is 7.20. The summed E-state index contributed by atoms with van der Waals surface area (Å²) >= 11 is 1.90. The largest absolute Gasteiger partial charge is 0.294 e. The van der Waals surface area contributed by atoms with E-state index in [4.69, 9.17) is 4.98 Å². The van der Waals surface area contributed by atoms with Gasteiger partial charge in [0, 0.05) is 44.2 Å². The van der Waals surface area contributed by atoms with Gasteiger partial charge in [-0.05, 0) is 94.2 Å². The van der Waals surface area contributed by atoms with Crippen molar-refractivity contribution in [2.75, 3.05) is 0 Å². The van der Waals surface area contributed by atoms with E-state index in [1.807, 2.05) is 35.9 Å². The number of hydrogen-bond acceptors (Lipinski definition) is 3. The minimum Gasteiger partial charge on any atom is -0.294 e. The van der Waals surface area contributed by atoms with Crippen molar-refractivity contribution in [1.82, 2.24) is 14.5 Å². The van der Waals surface area contributed by atoms with Gasteiger partial charge < -0.3 is 0 Å². The zero-order valence-corrected chi connectivity index (χ0v) is 25.6. The lowest BCUT2D eigenvalue weighted by Crippen LogP contribution is -2.10. The van der Waals surface area contributed by atoms with Gasteiger partial charge in [0.2, 0.25) is 0 Å². The quantitative estimate of drug-likeness (QED) is 0.203. The molecule has 3 nitrogen and oxygen atoms in total. The van der Waals surface area contributed by atoms with Gasteiger partial charge in [-0.3, -0.25) is 9.55 Å². The molecule has 8 aromatic rings. The minimum atomic E-state index is 0.289. The van der Waals surface area contributed by atoms with Crippen LogP contribution in [0.3, 0.4) is 0 Å². The molecule has 45 heavy (non-hydrogen) atoms. The van der Waals surface area contributed by atoms with Crippen LogP contribution in [0.2, 0.25) is 0 Å². The highest BCUT2D eigenvalue weighted by Gasteiger charge is 2.28. The molecule has 4 heteroatoms. The van der Waals surface area contributed by atoms with Gasteiger partial charge in [0.25, 0.3) is 0 Å². The maximum absolute atomic E-state index is 4.90. The minimum absolute atomic E-state index is 0.289. The van der Waals surface area contributed by atoms with Gasteiger partial charge in [0.05, 0.1) is 16.7 Å². The van der Waals surface area contributed by atoms with E-state index in [9.17, 15) is 0 Å². The number of thiophene rings is 1. The van der Waals surface area contributed by atoms with Crippen molar-refractivity contribution >= 4 is 49.3 Å². The van der Waals surface area contributed by atoms with Crippen LogP contribution in [0.25, 0.3) is 66.2 Å². The number of benzene rings is 4. The Morgan fingerprint density at radius 3 is 2.29 bits per heavy atom. The molecule has 4 aromatic heterocycles. The first-order valence-electron chi connectivity index (χ1n) is 15.4. The van der Waals surface area contributed by atoms with Gasteiger partial charge in [-0.25, -0.2) is 4.98 Å². The molecule has 214 valence electrons. The third-order valence-corrected chi connectivity index (χ3v) is 10.5. The molecule has 9 rings (SSSR count). The average molecular weight is 596 g/mol. The zero-order chi connectivity index (χ0) is 29.9. The summed E-state index contributed by atoms with van der Waals surface area (Å²) < 4.78 is 3.68. The summed E-state index contributed by atoms with van der Waals surface area (Å²) in [7, 11) is 0. The van der Waals surface area contributed by atoms with Crippen LogP contribution in [-0.4, -0.2) is 14.5 Å². The smallest absolute Gasteiger partial charge is 0.138 e. The van der Waals surface area contributed by atoms with Crippen LogP contribution in [0.5, 0.6) is 0 Å². The highest BCUT2D eigenvalue weighted by Crippen LogP contribution is 2.47. The van der Waals surface area contributed by atoms with Gasteiger partial charge in [-0.15, -0.1) is 11.3 Å². The summed E-state index contributed by atoms with van der Waals surface area (Å²) in [5.74, 6) is 1.58. The van der Waals surface area contributed by atoms with Crippen molar-refractivity contribution in [2.45, 2.75) is 18.8 Å². The number of aromatic nitrogens is 3. The Kier molecular flexibility index (Phi) is 6.03. The number of fused-ring (bicyclic) bond motifs is 6. The Bertz CT molecular complexity index is 2400. The third kappa shape index (κ3) is 4.25. The molecule has 1 aliphatic carbocycles. The van der Waals surface area contributed by atoms with Gasteiger partial charge >= 0.3 is 0 Å². The van der Waals surface area contributed by atoms with Crippen LogP contribution >= 0.6 is 11.3 Å². The molecule has 1 aliphatic rings. The SMILES string of the molecule is CC1c2c(sc3ccccc23)C=CC1c1ccc2c(c1)c1cc(-c3ccccn3)ccc1n2-c1cc(-c2ccccc2)ccn1. The van der Waals surface area contributed by atoms with Crippen LogP contribution in [0, 0.1) is 0 Å². The predicted octanol–water partition coefficient (Wildman–Crippen LogP) is 11.0. The summed E-state index contributed by atoms with van der Waals surface area (Å²) in [4.78, 5) is 11.0. The van der Waals surface area contributed by atoms with Gasteiger partial charge in [-0.1, -0.05) is 79.7 Å². The third-order valence-electron chi connectivity index (χ3n) is 9.33. The monoisotopic (exact) mass is 595 g/mol. The van der Waals surface area contributed by atoms with Crippen molar-refractivity contribution < 1.29 is 0 Å². The summed E-state index contributed by atoms with van der Waals surface area (Å²) in [6.45, 7) is 2.39. The first-order valence-corrected chi connectivity index (χ1v) is 16.3. The van der Waals surface area contributed by atoms with E-state index in [-0.39, 0.29) is 5.92 Å². The number of allylic oxidation sites excluding steroid dienone is 1. The van der Waals surface area contributed by atoms with E-state index < -0.39 is 0 Å². The zero-order valence-electron chi connectivity index (χ0n) is 24.8. The lowest BCUT2D eigenvalue weighted by Gasteiger charge is -2.26. The Hall–Kier alpha value is -5.32. The lowest BCUT2D eigenvalue weighted by atomic mass is 9.78. The Morgan fingerprint density at radius 1 is 0.622 bits per heavy atom. The molecule has 4 heterocycles. The summed E-state index contributed by atoms with van der Waals surface area (Å²) in [6.07, 6.45) is 8.53. The molecule has 4 aromatic carbocycles. The topological polar surface area (TPSA) is 30.7 Å². The van der Waals surface area contributed by atoms with Crippen molar-refractivity contribution in [3.05, 3.63) is 156 Å². The molecule has 0 saturated carbocycles. The summed E-state index contributed by atoms with van der Waals surface area (Å²) in [5, 5.41) is 3.83. The molecular formula is C41H29N3S. The number of hydrogen-bond donors (Lipinski definition) is 0. The fourth-order valence-electron chi connectivity index (χ4n) is 7.15. The van der Waals surface area contributed by atoms with E-state index in [1.54, 1.807) is 0 Å². The Morgan fingerprint density at radius 2 is 1.42 bits per heavy atom. The molecule has 2 unspecified atom stereocenters. The highest BCUT2D eigenvalue weighted by atomic mass is 32.1. The molecule has 2 atom stereocenters. The molecule has 0 bridgehead atoms. The maximum Gasteiger partial charge on any atom is 0.138 e. The van der Waals surface area contributed by atoms with Crippen molar-refractivity contribution in [2.24, 2.45) is 0 Å². The van der Waals surface area contributed by atoms with Crippen molar-refractivity contribution in [3.8, 4) is 28.2 Å². The number of nitrogens with zero attached hydrogens (tertiary/aromatic N) is 3. The molecule has 0 aliphatic heterocycles. The van der Waals surface area contributed by atoms with Crippen LogP contribution in [-0.2, 0) is 0 Å². The van der Waals surface area contributed by atoms with E-state index in [2.05, 4.69) is 138 Å². The van der Waals surface area contributed by atoms with Crippen LogP contribution in [0.1, 0.15) is 34.8 Å².